The second-order valence-electron chi connectivity index (χ2n) is 8.18. The Balaban J connectivity index is 1.59. The van der Waals surface area contributed by atoms with Gasteiger partial charge in [-0.2, -0.15) is 0 Å². The predicted molar refractivity (Wildman–Crippen MR) is 136 cm³/mol. The number of amides is 2. The van der Waals surface area contributed by atoms with E-state index in [1.165, 1.54) is 0 Å². The van der Waals surface area contributed by atoms with E-state index in [0.717, 1.165) is 23.9 Å². The maximum Gasteiger partial charge on any atom is 0.261 e. The number of nitrogens with one attached hydrogen (secondary N) is 3. The van der Waals surface area contributed by atoms with Crippen LogP contribution < -0.4 is 20.7 Å². The first kappa shape index (κ1) is 25.1. The first-order chi connectivity index (χ1) is 15.8. The van der Waals surface area contributed by atoms with Crippen LogP contribution in [-0.4, -0.2) is 42.8 Å². The summed E-state index contributed by atoms with van der Waals surface area (Å²) in [7, 11) is 0. The third-order valence-corrected chi connectivity index (χ3v) is 5.58. The molecule has 33 heavy (non-hydrogen) atoms. The van der Waals surface area contributed by atoms with Crippen LogP contribution in [0, 0.1) is 5.92 Å². The van der Waals surface area contributed by atoms with E-state index >= 15 is 0 Å². The molecule has 2 aromatic rings. The molecule has 2 amide bonds. The van der Waals surface area contributed by atoms with Crippen molar-refractivity contribution in [3.05, 3.63) is 58.1 Å². The van der Waals surface area contributed by atoms with E-state index < -0.39 is 5.91 Å². The summed E-state index contributed by atoms with van der Waals surface area (Å²) in [6, 6.07) is 12.2. The van der Waals surface area contributed by atoms with Crippen molar-refractivity contribution >= 4 is 50.8 Å². The molecule has 1 saturated heterocycles. The van der Waals surface area contributed by atoms with Crippen molar-refractivity contribution in [1.29, 1.82) is 0 Å². The monoisotopic (exact) mass is 533 g/mol. The summed E-state index contributed by atoms with van der Waals surface area (Å²) in [6.45, 7) is 5.79. The van der Waals surface area contributed by atoms with E-state index in [1.54, 1.807) is 36.4 Å². The number of hydrogen-bond donors (Lipinski definition) is 3. The molecule has 1 atom stereocenters. The number of rotatable bonds is 8. The molecule has 0 radical (unpaired) electrons. The smallest absolute Gasteiger partial charge is 0.261 e. The summed E-state index contributed by atoms with van der Waals surface area (Å²) < 4.78 is 12.1. The van der Waals surface area contributed by atoms with Crippen LogP contribution in [0.15, 0.2) is 46.9 Å². The fourth-order valence-electron chi connectivity index (χ4n) is 3.25. The predicted octanol–water partition coefficient (Wildman–Crippen LogP) is 4.52. The summed E-state index contributed by atoms with van der Waals surface area (Å²) in [5.74, 6) is 0.225. The summed E-state index contributed by atoms with van der Waals surface area (Å²) in [4.78, 5) is 25.3. The Morgan fingerprint density at radius 1 is 1.21 bits per heavy atom. The maximum atomic E-state index is 12.8. The lowest BCUT2D eigenvalue weighted by molar-refractivity contribution is 0.0857. The van der Waals surface area contributed by atoms with Gasteiger partial charge in [-0.3, -0.25) is 14.9 Å². The third-order valence-electron chi connectivity index (χ3n) is 4.88. The van der Waals surface area contributed by atoms with E-state index in [1.807, 2.05) is 19.9 Å². The zero-order valence-corrected chi connectivity index (χ0v) is 21.1. The number of ether oxygens (including phenoxy) is 2. The van der Waals surface area contributed by atoms with Crippen LogP contribution in [0.25, 0.3) is 0 Å². The number of thiocarbonyl (C=S) groups is 1. The topological polar surface area (TPSA) is 88.7 Å². The average Bonchev–Trinajstić information content (AvgIpc) is 3.30. The summed E-state index contributed by atoms with van der Waals surface area (Å²) in [5.41, 5.74) is 1.45. The molecule has 0 bridgehead atoms. The maximum absolute atomic E-state index is 12.8. The lowest BCUT2D eigenvalue weighted by atomic mass is 10.1. The zero-order chi connectivity index (χ0) is 23.8. The number of benzene rings is 2. The standard InChI is InChI=1S/C24H28BrN3O4S/c1-15(2)14-32-21-9-8-17(25)12-20(21)23(30)28-24(33)27-18-6-3-5-16(11-18)22(29)26-13-19-7-4-10-31-19/h3,5-6,8-9,11-12,15,19H,4,7,10,13-14H2,1-2H3,(H,26,29)(H2,27,28,30,33). The molecule has 0 aliphatic carbocycles. The Morgan fingerprint density at radius 3 is 2.76 bits per heavy atom. The number of hydrogen-bond acceptors (Lipinski definition) is 5. The van der Waals surface area contributed by atoms with Gasteiger partial charge in [0.2, 0.25) is 0 Å². The molecule has 7 nitrogen and oxygen atoms in total. The molecule has 1 fully saturated rings. The van der Waals surface area contributed by atoms with Crippen LogP contribution in [0.3, 0.4) is 0 Å². The van der Waals surface area contributed by atoms with E-state index in [9.17, 15) is 9.59 Å². The minimum absolute atomic E-state index is 0.0745. The van der Waals surface area contributed by atoms with Gasteiger partial charge in [0.15, 0.2) is 5.11 Å². The number of carbonyl (C=O) groups is 2. The molecule has 1 heterocycles. The van der Waals surface area contributed by atoms with Crippen LogP contribution in [0.5, 0.6) is 5.75 Å². The first-order valence-electron chi connectivity index (χ1n) is 10.9. The minimum Gasteiger partial charge on any atom is -0.492 e. The van der Waals surface area contributed by atoms with Crippen LogP contribution in [0.2, 0.25) is 0 Å². The van der Waals surface area contributed by atoms with Gasteiger partial charge in [-0.25, -0.2) is 0 Å². The van der Waals surface area contributed by atoms with Crippen LogP contribution in [-0.2, 0) is 4.74 Å². The first-order valence-corrected chi connectivity index (χ1v) is 12.1. The van der Waals surface area contributed by atoms with Gasteiger partial charge >= 0.3 is 0 Å². The molecule has 0 saturated carbocycles. The van der Waals surface area contributed by atoms with Crippen LogP contribution >= 0.6 is 28.1 Å². The van der Waals surface area contributed by atoms with Gasteiger partial charge in [0.05, 0.1) is 18.3 Å². The molecule has 1 unspecified atom stereocenters. The van der Waals surface area contributed by atoms with E-state index in [0.29, 0.717) is 41.6 Å². The van der Waals surface area contributed by atoms with Gasteiger partial charge in [-0.05, 0) is 67.4 Å². The summed E-state index contributed by atoms with van der Waals surface area (Å²) in [5, 5.41) is 8.65. The highest BCUT2D eigenvalue weighted by molar-refractivity contribution is 9.10. The lowest BCUT2D eigenvalue weighted by Gasteiger charge is -2.15. The highest BCUT2D eigenvalue weighted by Gasteiger charge is 2.18. The molecule has 2 aromatic carbocycles. The normalized spacial score (nSPS) is 15.2. The van der Waals surface area contributed by atoms with Gasteiger partial charge < -0.3 is 20.1 Å². The lowest BCUT2D eigenvalue weighted by Crippen LogP contribution is -2.34. The number of halogens is 1. The van der Waals surface area contributed by atoms with Crippen molar-refractivity contribution < 1.29 is 19.1 Å². The SMILES string of the molecule is CC(C)COc1ccc(Br)cc1C(=O)NC(=S)Nc1cccc(C(=O)NCC2CCCO2)c1. The van der Waals surface area contributed by atoms with Crippen molar-refractivity contribution in [3.8, 4) is 5.75 Å². The molecule has 0 spiro atoms. The molecule has 1 aliphatic heterocycles. The molecule has 3 N–H and O–H groups in total. The zero-order valence-electron chi connectivity index (χ0n) is 18.7. The average molecular weight is 534 g/mol. The highest BCUT2D eigenvalue weighted by atomic mass is 79.9. The molecule has 0 aromatic heterocycles. The Bertz CT molecular complexity index is 1010. The highest BCUT2D eigenvalue weighted by Crippen LogP contribution is 2.24. The van der Waals surface area contributed by atoms with Gasteiger partial charge in [-0.15, -0.1) is 0 Å². The number of carbonyl (C=O) groups excluding carboxylic acids is 2. The fourth-order valence-corrected chi connectivity index (χ4v) is 3.82. The van der Waals surface area contributed by atoms with Crippen LogP contribution in [0.1, 0.15) is 47.4 Å². The summed E-state index contributed by atoms with van der Waals surface area (Å²) >= 11 is 8.71. The molecular formula is C24H28BrN3O4S. The second kappa shape index (κ2) is 12.1. The van der Waals surface area contributed by atoms with Crippen molar-refractivity contribution in [2.24, 2.45) is 5.92 Å². The molecule has 9 heteroatoms. The molecule has 176 valence electrons. The second-order valence-corrected chi connectivity index (χ2v) is 9.50. The van der Waals surface area contributed by atoms with E-state index in [2.05, 4.69) is 31.9 Å². The van der Waals surface area contributed by atoms with Gasteiger partial charge in [0.1, 0.15) is 5.75 Å². The van der Waals surface area contributed by atoms with Crippen molar-refractivity contribution in [3.63, 3.8) is 0 Å². The Morgan fingerprint density at radius 2 is 2.03 bits per heavy atom. The van der Waals surface area contributed by atoms with E-state index in [-0.39, 0.29) is 17.1 Å². The van der Waals surface area contributed by atoms with E-state index in [4.69, 9.17) is 21.7 Å². The molecule has 3 rings (SSSR count). The Hall–Kier alpha value is -2.49. The largest absolute Gasteiger partial charge is 0.492 e. The van der Waals surface area contributed by atoms with Gasteiger partial charge in [0.25, 0.3) is 11.8 Å². The quantitative estimate of drug-likeness (QED) is 0.432. The number of anilines is 1. The molecular weight excluding hydrogens is 506 g/mol. The van der Waals surface area contributed by atoms with Crippen molar-refractivity contribution in [2.75, 3.05) is 25.1 Å². The van der Waals surface area contributed by atoms with Crippen molar-refractivity contribution in [2.45, 2.75) is 32.8 Å². The fraction of sp³-hybridized carbons (Fsp3) is 0.375. The van der Waals surface area contributed by atoms with Gasteiger partial charge in [0, 0.05) is 28.9 Å². The minimum atomic E-state index is -0.391. The summed E-state index contributed by atoms with van der Waals surface area (Å²) in [6.07, 6.45) is 2.05. The third kappa shape index (κ3) is 7.80. The van der Waals surface area contributed by atoms with Crippen LogP contribution in [0.4, 0.5) is 5.69 Å². The van der Waals surface area contributed by atoms with Gasteiger partial charge in [-0.1, -0.05) is 35.8 Å². The molecule has 1 aliphatic rings. The Labute approximate surface area is 207 Å². The Kier molecular flexibility index (Phi) is 9.22. The van der Waals surface area contributed by atoms with Crippen molar-refractivity contribution in [1.82, 2.24) is 10.6 Å².